The second kappa shape index (κ2) is 5.74. The summed E-state index contributed by atoms with van der Waals surface area (Å²) in [5.41, 5.74) is 2.45. The van der Waals surface area contributed by atoms with Crippen molar-refractivity contribution < 1.29 is 0 Å². The number of hydrogen-bond donors (Lipinski definition) is 1. The lowest BCUT2D eigenvalue weighted by molar-refractivity contribution is 0.504. The van der Waals surface area contributed by atoms with E-state index < -0.39 is 0 Å². The normalized spacial score (nSPS) is 15.6. The molecule has 3 rings (SSSR count). The summed E-state index contributed by atoms with van der Waals surface area (Å²) in [6.07, 6.45) is 9.00. The Morgan fingerprint density at radius 2 is 1.44 bits per heavy atom. The first-order chi connectivity index (χ1) is 7.86. The maximum atomic E-state index is 3.26. The zero-order chi connectivity index (χ0) is 11.2. The van der Waals surface area contributed by atoms with Crippen LogP contribution < -0.4 is 0 Å². The first-order valence-corrected chi connectivity index (χ1v) is 6.40. The molecule has 0 unspecified atom stereocenters. The van der Waals surface area contributed by atoms with E-state index in [1.54, 1.807) is 0 Å². The van der Waals surface area contributed by atoms with Gasteiger partial charge in [-0.05, 0) is 24.4 Å². The van der Waals surface area contributed by atoms with Crippen molar-refractivity contribution in [3.8, 4) is 0 Å². The van der Waals surface area contributed by atoms with Crippen molar-refractivity contribution in [3.63, 3.8) is 0 Å². The Bertz CT molecular complexity index is 379. The van der Waals surface area contributed by atoms with Crippen LogP contribution in [0.1, 0.15) is 44.2 Å². The van der Waals surface area contributed by atoms with Crippen molar-refractivity contribution in [2.24, 2.45) is 0 Å². The summed E-state index contributed by atoms with van der Waals surface area (Å²) < 4.78 is 0. The lowest BCUT2D eigenvalue weighted by Gasteiger charge is -2.05. The molecule has 1 heteroatoms. The average molecular weight is 215 g/mol. The van der Waals surface area contributed by atoms with Crippen molar-refractivity contribution in [2.45, 2.75) is 45.4 Å². The van der Waals surface area contributed by atoms with Crippen molar-refractivity contribution in [3.05, 3.63) is 36.0 Å². The van der Waals surface area contributed by atoms with E-state index in [1.807, 2.05) is 6.07 Å². The van der Waals surface area contributed by atoms with Crippen LogP contribution in [0.25, 0.3) is 10.9 Å². The largest absolute Gasteiger partial charge is 0.359 e. The molecule has 1 aliphatic rings. The van der Waals surface area contributed by atoms with E-state index in [4.69, 9.17) is 0 Å². The molecule has 1 aromatic heterocycles. The molecule has 2 aromatic rings. The minimum absolute atomic E-state index is 1.22. The summed E-state index contributed by atoms with van der Waals surface area (Å²) in [7, 11) is 0. The zero-order valence-electron chi connectivity index (χ0n) is 10.1. The predicted molar refractivity (Wildman–Crippen MR) is 70.7 cm³/mol. The van der Waals surface area contributed by atoms with Gasteiger partial charge in [-0.3, -0.25) is 0 Å². The molecule has 1 N–H and O–H groups in total. The van der Waals surface area contributed by atoms with Crippen LogP contribution in [-0.2, 0) is 0 Å². The van der Waals surface area contributed by atoms with E-state index in [2.05, 4.69) is 36.2 Å². The van der Waals surface area contributed by atoms with Gasteiger partial charge in [-0.1, -0.05) is 56.7 Å². The first-order valence-electron chi connectivity index (χ1n) is 6.40. The molecular formula is C15H21N. The number of rotatable bonds is 0. The van der Waals surface area contributed by atoms with Crippen LogP contribution in [0.5, 0.6) is 0 Å². The van der Waals surface area contributed by atoms with E-state index >= 15 is 0 Å². The molecule has 0 aliphatic heterocycles. The third kappa shape index (κ3) is 3.13. The molecule has 86 valence electrons. The summed E-state index contributed by atoms with van der Waals surface area (Å²) in [6, 6.07) is 10.4. The van der Waals surface area contributed by atoms with Crippen molar-refractivity contribution in [1.29, 1.82) is 0 Å². The van der Waals surface area contributed by atoms with Crippen LogP contribution in [0.15, 0.2) is 30.3 Å². The summed E-state index contributed by atoms with van der Waals surface area (Å²) in [4.78, 5) is 3.26. The third-order valence-electron chi connectivity index (χ3n) is 3.16. The van der Waals surface area contributed by atoms with Gasteiger partial charge in [-0.2, -0.15) is 0 Å². The van der Waals surface area contributed by atoms with Crippen LogP contribution in [0.2, 0.25) is 0 Å². The summed E-state index contributed by atoms with van der Waals surface area (Å²) >= 11 is 0. The van der Waals surface area contributed by atoms with Crippen LogP contribution in [0.3, 0.4) is 0 Å². The number of nitrogens with one attached hydrogen (secondary N) is 1. The molecule has 0 saturated heterocycles. The van der Waals surface area contributed by atoms with Crippen molar-refractivity contribution in [1.82, 2.24) is 4.98 Å². The van der Waals surface area contributed by atoms with E-state index in [9.17, 15) is 0 Å². The van der Waals surface area contributed by atoms with E-state index in [0.717, 1.165) is 0 Å². The van der Waals surface area contributed by atoms with Crippen LogP contribution in [0.4, 0.5) is 0 Å². The number of hydrogen-bond acceptors (Lipinski definition) is 0. The van der Waals surface area contributed by atoms with Gasteiger partial charge in [0.2, 0.25) is 0 Å². The Balaban J connectivity index is 0.000000138. The Morgan fingerprint density at radius 1 is 0.875 bits per heavy atom. The van der Waals surface area contributed by atoms with Gasteiger partial charge in [0, 0.05) is 11.2 Å². The monoisotopic (exact) mass is 215 g/mol. The van der Waals surface area contributed by atoms with E-state index in [-0.39, 0.29) is 0 Å². The van der Waals surface area contributed by atoms with E-state index in [1.165, 1.54) is 55.1 Å². The number of para-hydroxylation sites is 1. The number of aromatic nitrogens is 1. The first kappa shape index (κ1) is 11.3. The lowest BCUT2D eigenvalue weighted by Crippen LogP contribution is -1.85. The minimum atomic E-state index is 1.22. The van der Waals surface area contributed by atoms with Crippen molar-refractivity contribution in [2.75, 3.05) is 0 Å². The lowest BCUT2D eigenvalue weighted by atomic mass is 10.0. The highest BCUT2D eigenvalue weighted by molar-refractivity contribution is 5.79. The average Bonchev–Trinajstić information content (AvgIpc) is 2.72. The quantitative estimate of drug-likeness (QED) is 0.648. The fraction of sp³-hybridized carbons (Fsp3) is 0.467. The molecule has 1 nitrogen and oxygen atoms in total. The predicted octanol–water partition coefficient (Wildman–Crippen LogP) is 4.82. The molecule has 1 fully saturated rings. The van der Waals surface area contributed by atoms with Gasteiger partial charge in [-0.25, -0.2) is 0 Å². The van der Waals surface area contributed by atoms with Gasteiger partial charge in [-0.15, -0.1) is 0 Å². The number of aromatic amines is 1. The Morgan fingerprint density at radius 3 is 2.00 bits per heavy atom. The van der Waals surface area contributed by atoms with Gasteiger partial charge in [0.15, 0.2) is 0 Å². The van der Waals surface area contributed by atoms with Gasteiger partial charge < -0.3 is 4.98 Å². The van der Waals surface area contributed by atoms with Gasteiger partial charge in [0.25, 0.3) is 0 Å². The molecule has 0 bridgehead atoms. The second-order valence-electron chi connectivity index (χ2n) is 4.66. The molecule has 16 heavy (non-hydrogen) atoms. The zero-order valence-corrected chi connectivity index (χ0v) is 10.1. The van der Waals surface area contributed by atoms with Gasteiger partial charge in [0.1, 0.15) is 0 Å². The summed E-state index contributed by atoms with van der Waals surface area (Å²) in [6.45, 7) is 2.07. The summed E-state index contributed by atoms with van der Waals surface area (Å²) in [5.74, 6) is 0. The number of H-pyrrole nitrogens is 1. The Labute approximate surface area is 97.9 Å². The molecule has 1 saturated carbocycles. The molecule has 0 amide bonds. The molecule has 0 spiro atoms. The topological polar surface area (TPSA) is 15.8 Å². The Kier molecular flexibility index (Phi) is 4.03. The summed E-state index contributed by atoms with van der Waals surface area (Å²) in [5, 5.41) is 1.29. The van der Waals surface area contributed by atoms with Gasteiger partial charge >= 0.3 is 0 Å². The van der Waals surface area contributed by atoms with Crippen LogP contribution in [-0.4, -0.2) is 4.98 Å². The number of fused-ring (bicyclic) bond motifs is 1. The highest BCUT2D eigenvalue weighted by atomic mass is 14.7. The number of aryl methyl sites for hydroxylation is 1. The molecule has 1 aromatic carbocycles. The Hall–Kier alpha value is -1.24. The SMILES string of the molecule is C1CCCCC1.Cc1cc2ccccc2[nH]1. The standard InChI is InChI=1S/C9H9N.C6H12/c1-7-6-8-4-2-3-5-9(8)10-7;1-2-4-6-5-3-1/h2-6,10H,1H3;1-6H2. The highest BCUT2D eigenvalue weighted by Gasteiger charge is 1.95. The fourth-order valence-electron chi connectivity index (χ4n) is 2.28. The van der Waals surface area contributed by atoms with E-state index in [0.29, 0.717) is 0 Å². The van der Waals surface area contributed by atoms with Crippen LogP contribution in [0, 0.1) is 6.92 Å². The molecule has 1 aliphatic carbocycles. The fourth-order valence-corrected chi connectivity index (χ4v) is 2.28. The second-order valence-corrected chi connectivity index (χ2v) is 4.66. The molecule has 0 atom stereocenters. The molecule has 1 heterocycles. The smallest absolute Gasteiger partial charge is 0.0455 e. The maximum Gasteiger partial charge on any atom is 0.0455 e. The van der Waals surface area contributed by atoms with Gasteiger partial charge in [0.05, 0.1) is 0 Å². The third-order valence-corrected chi connectivity index (χ3v) is 3.16. The number of benzene rings is 1. The van der Waals surface area contributed by atoms with Crippen LogP contribution >= 0.6 is 0 Å². The highest BCUT2D eigenvalue weighted by Crippen LogP contribution is 2.15. The maximum absolute atomic E-state index is 3.26. The molecular weight excluding hydrogens is 194 g/mol. The minimum Gasteiger partial charge on any atom is -0.359 e. The van der Waals surface area contributed by atoms with Crippen molar-refractivity contribution >= 4 is 10.9 Å². The molecule has 0 radical (unpaired) electrons.